The van der Waals surface area contributed by atoms with Gasteiger partial charge in [0.25, 0.3) is 0 Å². The van der Waals surface area contributed by atoms with E-state index in [2.05, 4.69) is 78.8 Å². The Morgan fingerprint density at radius 1 is 0.536 bits per heavy atom. The van der Waals surface area contributed by atoms with Gasteiger partial charge in [-0.25, -0.2) is 39.9 Å². The van der Waals surface area contributed by atoms with E-state index in [4.69, 9.17) is 88.7 Å². The number of nitrogens with zero attached hydrogens (tertiary/aromatic N) is 15. The molecule has 0 spiro atoms. The van der Waals surface area contributed by atoms with Crippen LogP contribution in [0.5, 0.6) is 34.5 Å². The summed E-state index contributed by atoms with van der Waals surface area (Å²) in [7, 11) is 15.7. The molecule has 1 amide bonds. The van der Waals surface area contributed by atoms with Gasteiger partial charge >= 0.3 is 0 Å². The number of aromatic nitrogens is 12. The van der Waals surface area contributed by atoms with Crippen molar-refractivity contribution >= 4 is 23.4 Å². The van der Waals surface area contributed by atoms with E-state index in [0.717, 1.165) is 129 Å². The number of carbonyl (C=O) groups excluding carboxylic acids is 1. The van der Waals surface area contributed by atoms with Crippen LogP contribution in [-0.4, -0.2) is 284 Å². The first-order chi connectivity index (χ1) is 68.1. The Morgan fingerprint density at radius 2 is 1.04 bits per heavy atom. The fourth-order valence-electron chi connectivity index (χ4n) is 15.8. The molecule has 140 heavy (non-hydrogen) atoms. The fraction of sp³-hybridized carbons (Fsp3) is 0.434. The average molecular weight is 1920 g/mol. The van der Waals surface area contributed by atoms with Crippen LogP contribution in [0.25, 0.3) is 90.6 Å². The topological polar surface area (TPSA) is 402 Å². The van der Waals surface area contributed by atoms with Gasteiger partial charge in [-0.15, -0.1) is 12.3 Å². The summed E-state index contributed by atoms with van der Waals surface area (Å²) in [6, 6.07) is 47.8. The zero-order valence-corrected chi connectivity index (χ0v) is 83.0. The van der Waals surface area contributed by atoms with Crippen molar-refractivity contribution in [3.8, 4) is 137 Å². The zero-order valence-electron chi connectivity index (χ0n) is 83.0. The number of ether oxygens (including phenoxy) is 8. The first-order valence-corrected chi connectivity index (χ1v) is 47.8. The van der Waals surface area contributed by atoms with Gasteiger partial charge in [-0.05, 0) is 158 Å². The summed E-state index contributed by atoms with van der Waals surface area (Å²) >= 11 is 0. The molecule has 0 radical (unpaired) electrons. The fourth-order valence-corrected chi connectivity index (χ4v) is 15.8. The number of aliphatic hydroxyl groups is 4. The molecule has 4 unspecified atom stereocenters. The number of likely N-dealkylation sites (N-methyl/N-ethyl adjacent to an activating group) is 4. The van der Waals surface area contributed by atoms with Gasteiger partial charge in [0, 0.05) is 188 Å². The third-order valence-electron chi connectivity index (χ3n) is 23.0. The van der Waals surface area contributed by atoms with E-state index < -0.39 is 24.4 Å². The van der Waals surface area contributed by atoms with Crippen molar-refractivity contribution < 1.29 is 67.6 Å². The quantitative estimate of drug-likeness (QED) is 0.0126. The number of terminal acetylenes is 1. The molecular weight excluding hydrogens is 1780 g/mol. The van der Waals surface area contributed by atoms with Crippen molar-refractivity contribution in [1.29, 1.82) is 0 Å². The summed E-state index contributed by atoms with van der Waals surface area (Å²) in [6.45, 7) is 17.0. The molecule has 9 N–H and O–H groups in total. The van der Waals surface area contributed by atoms with E-state index >= 15 is 0 Å². The number of rotatable bonds is 49. The lowest BCUT2D eigenvalue weighted by Crippen LogP contribution is -2.31. The molecule has 8 heterocycles. The minimum atomic E-state index is -0.607. The Kier molecular flexibility index (Phi) is 43.5. The molecule has 4 atom stereocenters. The highest BCUT2D eigenvalue weighted by molar-refractivity contribution is 5.78. The Hall–Kier alpha value is -13.2. The van der Waals surface area contributed by atoms with E-state index in [1.807, 2.05) is 194 Å². The summed E-state index contributed by atoms with van der Waals surface area (Å²) in [5.41, 5.74) is 11.9. The summed E-state index contributed by atoms with van der Waals surface area (Å²) < 4.78 is 52.0. The van der Waals surface area contributed by atoms with Gasteiger partial charge in [-0.1, -0.05) is 99.6 Å². The number of methoxy groups -OCH3 is 4. The molecule has 7 aromatic heterocycles. The molecule has 2 fully saturated rings. The lowest BCUT2D eigenvalue weighted by Gasteiger charge is -2.24. The molecule has 0 bridgehead atoms. The van der Waals surface area contributed by atoms with Crippen molar-refractivity contribution in [2.24, 2.45) is 11.8 Å². The molecule has 5 aromatic carbocycles. The van der Waals surface area contributed by atoms with Crippen LogP contribution in [0.4, 0.5) is 17.5 Å². The molecule has 1 saturated heterocycles. The largest absolute Gasteiger partial charge is 0.493 e. The lowest BCUT2D eigenvalue weighted by molar-refractivity contribution is -0.127. The minimum Gasteiger partial charge on any atom is -0.493 e. The molecule has 1 aliphatic carbocycles. The number of likely N-dealkylation sites (tertiary alicyclic amines) is 1. The average Bonchev–Trinajstić information content (AvgIpc) is 1.65. The van der Waals surface area contributed by atoms with Crippen molar-refractivity contribution in [3.05, 3.63) is 194 Å². The van der Waals surface area contributed by atoms with E-state index in [9.17, 15) is 25.2 Å². The second-order valence-corrected chi connectivity index (χ2v) is 34.8. The molecule has 1 saturated carbocycles. The number of hydrogen-bond donors (Lipinski definition) is 9. The predicted octanol–water partition coefficient (Wildman–Crippen LogP) is 13.1. The van der Waals surface area contributed by atoms with Crippen LogP contribution in [0, 0.1) is 38.0 Å². The Balaban J connectivity index is 0.000000179. The number of anilines is 3. The van der Waals surface area contributed by atoms with E-state index in [0.29, 0.717) is 160 Å². The number of hydrogen-bond acceptors (Lipinski definition) is 32. The van der Waals surface area contributed by atoms with Crippen molar-refractivity contribution in [2.75, 3.05) is 184 Å². The van der Waals surface area contributed by atoms with Crippen LogP contribution in [0.2, 0.25) is 0 Å². The van der Waals surface area contributed by atoms with E-state index in [1.165, 1.54) is 32.1 Å². The lowest BCUT2D eigenvalue weighted by atomic mass is 9.86. The van der Waals surface area contributed by atoms with Gasteiger partial charge < -0.3 is 104 Å². The highest BCUT2D eigenvalue weighted by atomic mass is 16.5. The molecule has 1 aliphatic heterocycles. The van der Waals surface area contributed by atoms with Crippen molar-refractivity contribution in [2.45, 2.75) is 123 Å². The van der Waals surface area contributed by atoms with Gasteiger partial charge in [-0.2, -0.15) is 5.10 Å². The zero-order chi connectivity index (χ0) is 99.5. The van der Waals surface area contributed by atoms with Crippen LogP contribution in [0.1, 0.15) is 88.8 Å². The Bertz CT molecular complexity index is 5790. The van der Waals surface area contributed by atoms with Crippen LogP contribution in [0.3, 0.4) is 0 Å². The number of amides is 1. The molecule has 14 rings (SSSR count). The number of carbonyl (C=O) groups is 1. The molecule has 34 nitrogen and oxygen atoms in total. The van der Waals surface area contributed by atoms with Gasteiger partial charge in [0.05, 0.1) is 67.7 Å². The maximum atomic E-state index is 11.8. The van der Waals surface area contributed by atoms with Gasteiger partial charge in [0.1, 0.15) is 97.1 Å². The van der Waals surface area contributed by atoms with Crippen LogP contribution in [-0.2, 0) is 27.2 Å². The summed E-state index contributed by atoms with van der Waals surface area (Å²) in [6.07, 6.45) is 21.2. The van der Waals surface area contributed by atoms with Crippen molar-refractivity contribution in [3.63, 3.8) is 0 Å². The van der Waals surface area contributed by atoms with E-state index in [1.54, 1.807) is 62.0 Å². The number of pyridine rings is 1. The third kappa shape index (κ3) is 33.6. The Labute approximate surface area is 822 Å². The molecule has 2 aliphatic rings. The van der Waals surface area contributed by atoms with Gasteiger partial charge in [0.15, 0.2) is 34.8 Å². The number of aliphatic hydroxyl groups excluding tert-OH is 4. The van der Waals surface area contributed by atoms with Gasteiger partial charge in [-0.3, -0.25) is 14.5 Å². The second-order valence-electron chi connectivity index (χ2n) is 34.8. The summed E-state index contributed by atoms with van der Waals surface area (Å²) in [5, 5.41) is 63.6. The number of nitrogens with one attached hydrogen (secondary N) is 5. The van der Waals surface area contributed by atoms with Gasteiger partial charge in [0.2, 0.25) is 5.91 Å². The summed E-state index contributed by atoms with van der Waals surface area (Å²) in [4.78, 5) is 60.9. The normalized spacial score (nSPS) is 13.3. The van der Waals surface area contributed by atoms with Crippen molar-refractivity contribution in [1.82, 2.24) is 86.0 Å². The molecule has 34 heteroatoms. The van der Waals surface area contributed by atoms with Crippen LogP contribution < -0.4 is 64.8 Å². The Morgan fingerprint density at radius 3 is 1.53 bits per heavy atom. The van der Waals surface area contributed by atoms with Crippen LogP contribution >= 0.6 is 0 Å². The smallest absolute Gasteiger partial charge is 0.222 e. The standard InChI is InChI=1S/C28H39N5O2.C27H32N4O4.C26H32N6O3.C25H35N5O5/c1-20(2)17-33-18-23(15-30-33)27-14-24(12-21-8-5-4-6-9-21)31-28(32-27)22-10-7-11-26(13-22)35-19-25(34)16-29-3;1-6-7-13-31(3)26-16-23(19-11-12-24(33-4)25(15-19)34-5)29-27(30-26)20-9-8-10-22(14-20)35-18-21(32)17-28-2;1-27-17-21(33)18-35-22-8-2-6-19(14-22)26-30-23(20-7-3-10-28-16-20)15-24(31-26)29-11-5-13-32-12-4-9-25(32)34;1-17-24(18(2)35-29-17)22-14-23(30(9-11-32-4)10-12-33-5)28-25(27-22)19-7-6-8-21(13-19)34-16-20(31)15-26-3/h7,10-11,13-15,18,20-21,25,29,34H,4-6,8-9,12,16-17,19H2,1-3H3;1,8-12,14-16,21,28,32H,7,13,17-18H2,2-5H3;2-3,6-8,10,14-16,21,27,33H,4-5,9,11-13,17-18H2,1H3,(H,29,30,31);6-8,13-14,20,26,31H,9-12,15-16H2,1-5H3. The maximum absolute atomic E-state index is 11.8. The van der Waals surface area contributed by atoms with E-state index in [-0.39, 0.29) is 32.3 Å². The molecule has 746 valence electrons. The first kappa shape index (κ1) is 107. The molecule has 12 aromatic rings. The summed E-state index contributed by atoms with van der Waals surface area (Å²) in [5.74, 6) is 13.2. The third-order valence-corrected chi connectivity index (χ3v) is 23.0. The monoisotopic (exact) mass is 1920 g/mol. The highest BCUT2D eigenvalue weighted by Crippen LogP contribution is 2.38. The number of benzene rings is 5. The second kappa shape index (κ2) is 56.8. The van der Waals surface area contributed by atoms with Crippen LogP contribution in [0.15, 0.2) is 181 Å². The SMILES string of the molecule is C#CCCN(C)c1cc(-c2ccc(OC)c(OC)c2)nc(-c2cccc(OCC(O)CNC)c2)n1.CNCC(O)COc1cccc(-c2nc(-c3c(C)noc3C)cc(N(CCOC)CCOC)n2)c1.CNCC(O)COc1cccc(-c2nc(CC3CCCCC3)cc(-c3cnn(CC(C)C)c3)n2)c1.CNCC(O)COc1cccc(-c2nc(NCCCN3CCCC3=O)cc(-c3cccnc3)n2)c1. The number of aryl methyl sites for hydroxylation is 2. The minimum absolute atomic E-state index is 0.177. The predicted molar refractivity (Wildman–Crippen MR) is 546 cm³/mol. The first-order valence-electron chi connectivity index (χ1n) is 47.8. The highest BCUT2D eigenvalue weighted by Gasteiger charge is 2.25. The maximum Gasteiger partial charge on any atom is 0.222 e. The molecular formula is C106H138N20O14.